The largest absolute Gasteiger partial charge is 0.467 e. The Morgan fingerprint density at radius 2 is 1.73 bits per heavy atom. The first kappa shape index (κ1) is 22.6. The van der Waals surface area contributed by atoms with Crippen LogP contribution in [0.1, 0.15) is 40.0 Å². The van der Waals surface area contributed by atoms with Crippen LogP contribution < -0.4 is 5.32 Å². The number of amides is 1. The summed E-state index contributed by atoms with van der Waals surface area (Å²) in [5.74, 6) is -0.539. The molecule has 4 N–H and O–H groups in total. The Hall–Kier alpha value is -1.42. The number of hydrogen-bond donors (Lipinski definition) is 4. The third-order valence-electron chi connectivity index (χ3n) is 4.07. The van der Waals surface area contributed by atoms with Gasteiger partial charge in [-0.2, -0.15) is 0 Å². The van der Waals surface area contributed by atoms with Crippen LogP contribution in [0, 0.1) is 0 Å². The van der Waals surface area contributed by atoms with Gasteiger partial charge in [0.05, 0.1) is 19.3 Å². The van der Waals surface area contributed by atoms with Gasteiger partial charge in [0.1, 0.15) is 17.7 Å². The maximum atomic E-state index is 11.8. The number of rotatable bonds is 7. The van der Waals surface area contributed by atoms with Crippen molar-refractivity contribution < 1.29 is 34.4 Å². The van der Waals surface area contributed by atoms with Crippen LogP contribution in [0.4, 0.5) is 4.79 Å². The number of aliphatic hydroxyl groups excluding tert-OH is 3. The molecule has 9 nitrogen and oxygen atoms in total. The molecular weight excluding hydrogens is 344 g/mol. The molecule has 1 unspecified atom stereocenters. The monoisotopic (exact) mass is 376 g/mol. The Kier molecular flexibility index (Phi) is 8.75. The minimum Gasteiger partial charge on any atom is -0.467 e. The number of ether oxygens (including phenoxy) is 2. The number of unbranched alkanes of at least 4 members (excludes halogenated alkanes) is 1. The number of piperidine rings is 1. The second kappa shape index (κ2) is 10.1. The Morgan fingerprint density at radius 1 is 1.15 bits per heavy atom. The highest BCUT2D eigenvalue weighted by Crippen LogP contribution is 2.14. The molecule has 0 spiro atoms. The lowest BCUT2D eigenvalue weighted by Gasteiger charge is -2.36. The van der Waals surface area contributed by atoms with E-state index in [9.17, 15) is 24.9 Å². The summed E-state index contributed by atoms with van der Waals surface area (Å²) in [5.41, 5.74) is -0.661. The Bertz CT molecular complexity index is 455. The predicted octanol–water partition coefficient (Wildman–Crippen LogP) is -0.379. The van der Waals surface area contributed by atoms with Gasteiger partial charge in [-0.3, -0.25) is 4.90 Å². The average molecular weight is 376 g/mol. The fourth-order valence-corrected chi connectivity index (χ4v) is 2.78. The third kappa shape index (κ3) is 7.86. The molecule has 1 aliphatic rings. The van der Waals surface area contributed by atoms with E-state index in [0.29, 0.717) is 25.8 Å². The molecule has 152 valence electrons. The first-order valence-electron chi connectivity index (χ1n) is 8.87. The van der Waals surface area contributed by atoms with Crippen LogP contribution in [0.2, 0.25) is 0 Å². The summed E-state index contributed by atoms with van der Waals surface area (Å²) in [4.78, 5) is 25.5. The number of carbonyl (C=O) groups is 2. The smallest absolute Gasteiger partial charge is 0.408 e. The number of nitrogens with one attached hydrogen (secondary N) is 1. The molecule has 1 amide bonds. The van der Waals surface area contributed by atoms with Gasteiger partial charge in [0.25, 0.3) is 0 Å². The van der Waals surface area contributed by atoms with Crippen molar-refractivity contribution in [2.24, 2.45) is 0 Å². The van der Waals surface area contributed by atoms with Crippen molar-refractivity contribution in [2.75, 3.05) is 26.7 Å². The lowest BCUT2D eigenvalue weighted by atomic mass is 10.0. The zero-order valence-electron chi connectivity index (χ0n) is 16.0. The van der Waals surface area contributed by atoms with Gasteiger partial charge in [-0.25, -0.2) is 9.59 Å². The van der Waals surface area contributed by atoms with Crippen molar-refractivity contribution in [3.8, 4) is 0 Å². The molecule has 1 aliphatic heterocycles. The third-order valence-corrected chi connectivity index (χ3v) is 4.07. The molecule has 0 aromatic rings. The normalized spacial score (nSPS) is 25.4. The zero-order chi connectivity index (χ0) is 19.9. The molecule has 0 aromatic carbocycles. The molecule has 4 atom stereocenters. The van der Waals surface area contributed by atoms with Gasteiger partial charge in [-0.1, -0.05) is 0 Å². The fourth-order valence-electron chi connectivity index (χ4n) is 2.78. The van der Waals surface area contributed by atoms with Crippen LogP contribution in [0.3, 0.4) is 0 Å². The van der Waals surface area contributed by atoms with E-state index in [-0.39, 0.29) is 13.1 Å². The Morgan fingerprint density at radius 3 is 2.23 bits per heavy atom. The topological polar surface area (TPSA) is 129 Å². The van der Waals surface area contributed by atoms with E-state index in [0.717, 1.165) is 0 Å². The van der Waals surface area contributed by atoms with Crippen LogP contribution in [0.25, 0.3) is 0 Å². The predicted molar refractivity (Wildman–Crippen MR) is 93.5 cm³/mol. The van der Waals surface area contributed by atoms with Crippen LogP contribution in [-0.2, 0) is 14.3 Å². The summed E-state index contributed by atoms with van der Waals surface area (Å²) in [6.07, 6.45) is -2.05. The van der Waals surface area contributed by atoms with Gasteiger partial charge >= 0.3 is 12.1 Å². The second-order valence-corrected chi connectivity index (χ2v) is 7.60. The second-order valence-electron chi connectivity index (χ2n) is 7.60. The Labute approximate surface area is 154 Å². The summed E-state index contributed by atoms with van der Waals surface area (Å²) in [7, 11) is 1.26. The summed E-state index contributed by atoms with van der Waals surface area (Å²) >= 11 is 0. The zero-order valence-corrected chi connectivity index (χ0v) is 16.0. The van der Waals surface area contributed by atoms with E-state index < -0.39 is 42.0 Å². The minimum atomic E-state index is -1.12. The van der Waals surface area contributed by atoms with Gasteiger partial charge in [-0.15, -0.1) is 0 Å². The molecule has 9 heteroatoms. The van der Waals surface area contributed by atoms with Gasteiger partial charge in [0.2, 0.25) is 0 Å². The van der Waals surface area contributed by atoms with Gasteiger partial charge in [0, 0.05) is 13.1 Å². The maximum Gasteiger partial charge on any atom is 0.408 e. The quantitative estimate of drug-likeness (QED) is 0.350. The molecule has 0 bridgehead atoms. The first-order valence-corrected chi connectivity index (χ1v) is 8.87. The number of β-amino-alcohol motifs (C(OH)–C–C–N with tert-alkyl or cyclic N) is 2. The molecule has 0 saturated carbocycles. The molecule has 0 aromatic heterocycles. The van der Waals surface area contributed by atoms with Gasteiger partial charge < -0.3 is 30.1 Å². The average Bonchev–Trinajstić information content (AvgIpc) is 2.52. The van der Waals surface area contributed by atoms with Crippen molar-refractivity contribution in [3.63, 3.8) is 0 Å². The summed E-state index contributed by atoms with van der Waals surface area (Å²) in [6.45, 7) is 6.37. The molecule has 26 heavy (non-hydrogen) atoms. The van der Waals surface area contributed by atoms with E-state index >= 15 is 0 Å². The van der Waals surface area contributed by atoms with Crippen LogP contribution in [0.5, 0.6) is 0 Å². The van der Waals surface area contributed by atoms with Crippen molar-refractivity contribution >= 4 is 12.1 Å². The maximum absolute atomic E-state index is 11.8. The molecule has 0 aliphatic carbocycles. The SMILES string of the molecule is COC(=O)[C@H](CCCCN1C[C@@H](O)C(O)[C@@H](O)C1)NC(=O)OC(C)(C)C. The summed E-state index contributed by atoms with van der Waals surface area (Å²) in [6, 6.07) is -0.797. The van der Waals surface area contributed by atoms with E-state index in [1.54, 1.807) is 20.8 Å². The summed E-state index contributed by atoms with van der Waals surface area (Å²) < 4.78 is 9.87. The van der Waals surface area contributed by atoms with Crippen molar-refractivity contribution in [1.29, 1.82) is 0 Å². The summed E-state index contributed by atoms with van der Waals surface area (Å²) in [5, 5.41) is 31.4. The lowest BCUT2D eigenvalue weighted by molar-refractivity contribution is -0.143. The number of hydrogen-bond acceptors (Lipinski definition) is 8. The van der Waals surface area contributed by atoms with Crippen LogP contribution in [0.15, 0.2) is 0 Å². The van der Waals surface area contributed by atoms with Crippen molar-refractivity contribution in [1.82, 2.24) is 10.2 Å². The molecule has 1 heterocycles. The van der Waals surface area contributed by atoms with Gasteiger partial charge in [0.15, 0.2) is 0 Å². The van der Waals surface area contributed by atoms with Gasteiger partial charge in [-0.05, 0) is 46.6 Å². The van der Waals surface area contributed by atoms with Crippen molar-refractivity contribution in [3.05, 3.63) is 0 Å². The Balaban J connectivity index is 2.40. The lowest BCUT2D eigenvalue weighted by Crippen LogP contribution is -2.55. The van der Waals surface area contributed by atoms with Crippen LogP contribution in [-0.4, -0.2) is 89.0 Å². The van der Waals surface area contributed by atoms with E-state index in [1.807, 2.05) is 4.90 Å². The van der Waals surface area contributed by atoms with Crippen molar-refractivity contribution in [2.45, 2.75) is 70.0 Å². The number of esters is 1. The molecule has 1 saturated heterocycles. The number of likely N-dealkylation sites (tertiary alicyclic amines) is 1. The van der Waals surface area contributed by atoms with Crippen LogP contribution >= 0.6 is 0 Å². The molecule has 1 rings (SSSR count). The number of nitrogens with zero attached hydrogens (tertiary/aromatic N) is 1. The molecule has 1 fully saturated rings. The standard InChI is InChI=1S/C17H32N2O7/c1-17(2,3)26-16(24)18-11(15(23)25-4)7-5-6-8-19-9-12(20)14(22)13(21)10-19/h11-14,20-22H,5-10H2,1-4H3,(H,18,24)/t11-,12-,13+,14?/m0/s1. The molecule has 0 radical (unpaired) electrons. The number of methoxy groups -OCH3 is 1. The first-order chi connectivity index (χ1) is 12.0. The highest BCUT2D eigenvalue weighted by Gasteiger charge is 2.33. The molecular formula is C17H32N2O7. The van der Waals surface area contributed by atoms with E-state index in [2.05, 4.69) is 5.32 Å². The number of alkyl carbamates (subject to hydrolysis) is 1. The van der Waals surface area contributed by atoms with E-state index in [4.69, 9.17) is 9.47 Å². The fraction of sp³-hybridized carbons (Fsp3) is 0.882. The van der Waals surface area contributed by atoms with E-state index in [1.165, 1.54) is 7.11 Å². The highest BCUT2D eigenvalue weighted by molar-refractivity contribution is 5.81. The number of carbonyl (C=O) groups excluding carboxylic acids is 2. The highest BCUT2D eigenvalue weighted by atomic mass is 16.6. The minimum absolute atomic E-state index is 0.287. The number of aliphatic hydroxyl groups is 3.